The van der Waals surface area contributed by atoms with Gasteiger partial charge in [0.25, 0.3) is 0 Å². The molecule has 0 saturated heterocycles. The molecule has 2 nitrogen and oxygen atoms in total. The van der Waals surface area contributed by atoms with E-state index >= 15 is 0 Å². The van der Waals surface area contributed by atoms with Crippen LogP contribution in [0.4, 0.5) is 0 Å². The molecule has 1 aliphatic rings. The molecular weight excluding hydrogens is 436 g/mol. The molecule has 3 rings (SSSR count). The van der Waals surface area contributed by atoms with Gasteiger partial charge in [0, 0.05) is 18.0 Å². The predicted molar refractivity (Wildman–Crippen MR) is 156 cm³/mol. The fraction of sp³-hybridized carbons (Fsp3) is 0.706. The first-order valence-electron chi connectivity index (χ1n) is 15.7. The molecule has 0 radical (unpaired) electrons. The third-order valence-electron chi connectivity index (χ3n) is 8.51. The maximum Gasteiger partial charge on any atom is 0.159 e. The number of aromatic nitrogens is 2. The third-order valence-corrected chi connectivity index (χ3v) is 8.51. The lowest BCUT2D eigenvalue weighted by Crippen LogP contribution is -2.15. The van der Waals surface area contributed by atoms with Crippen LogP contribution in [0.5, 0.6) is 0 Å². The molecule has 1 heterocycles. The highest BCUT2D eigenvalue weighted by molar-refractivity contribution is 5.55. The summed E-state index contributed by atoms with van der Waals surface area (Å²) in [4.78, 5) is 9.34. The van der Waals surface area contributed by atoms with Crippen molar-refractivity contribution in [2.24, 2.45) is 11.8 Å². The molecule has 1 aromatic carbocycles. The zero-order valence-corrected chi connectivity index (χ0v) is 23.7. The number of aryl methyl sites for hydroxylation is 2. The van der Waals surface area contributed by atoms with Gasteiger partial charge in [0.2, 0.25) is 0 Å². The SMILES string of the molecule is CCCCCCCCCc1cnc(-c2ccc(CCC3CCC(CCCCCCC)CC3)cc2)nc1. The maximum atomic E-state index is 4.67. The van der Waals surface area contributed by atoms with Gasteiger partial charge in [-0.05, 0) is 48.6 Å². The fourth-order valence-electron chi connectivity index (χ4n) is 5.96. The number of nitrogens with zero attached hydrogens (tertiary/aromatic N) is 2. The molecule has 2 aromatic rings. The van der Waals surface area contributed by atoms with E-state index in [0.717, 1.165) is 29.6 Å². The van der Waals surface area contributed by atoms with Gasteiger partial charge in [0.15, 0.2) is 5.82 Å². The van der Waals surface area contributed by atoms with Crippen LogP contribution < -0.4 is 0 Å². The number of hydrogen-bond donors (Lipinski definition) is 0. The minimum absolute atomic E-state index is 0.859. The Morgan fingerprint density at radius 2 is 1.08 bits per heavy atom. The summed E-state index contributed by atoms with van der Waals surface area (Å²) in [6, 6.07) is 9.03. The third kappa shape index (κ3) is 11.1. The van der Waals surface area contributed by atoms with Crippen LogP contribution in [0.2, 0.25) is 0 Å². The standard InChI is InChI=1S/C34H54N2/c1-3-5-7-9-10-12-14-16-32-27-35-34(36-28-32)33-25-23-31(24-26-33)22-21-30-19-17-29(18-20-30)15-13-11-8-6-4-2/h23-30H,3-22H2,1-2H3. The molecule has 200 valence electrons. The van der Waals surface area contributed by atoms with Crippen molar-refractivity contribution in [1.82, 2.24) is 9.97 Å². The second-order valence-corrected chi connectivity index (χ2v) is 11.6. The molecule has 1 aliphatic carbocycles. The van der Waals surface area contributed by atoms with Gasteiger partial charge < -0.3 is 0 Å². The highest BCUT2D eigenvalue weighted by Gasteiger charge is 2.20. The van der Waals surface area contributed by atoms with Crippen LogP contribution in [0.3, 0.4) is 0 Å². The predicted octanol–water partition coefficient (Wildman–Crippen LogP) is 10.5. The number of rotatable bonds is 18. The Morgan fingerprint density at radius 3 is 1.69 bits per heavy atom. The first-order valence-corrected chi connectivity index (χ1v) is 15.7. The van der Waals surface area contributed by atoms with Crippen LogP contribution in [0.1, 0.15) is 141 Å². The summed E-state index contributed by atoms with van der Waals surface area (Å²) in [5, 5.41) is 0. The summed E-state index contributed by atoms with van der Waals surface area (Å²) in [5.74, 6) is 2.82. The fourth-order valence-corrected chi connectivity index (χ4v) is 5.96. The van der Waals surface area contributed by atoms with Crippen LogP contribution >= 0.6 is 0 Å². The zero-order valence-electron chi connectivity index (χ0n) is 23.7. The molecule has 36 heavy (non-hydrogen) atoms. The Morgan fingerprint density at radius 1 is 0.556 bits per heavy atom. The summed E-state index contributed by atoms with van der Waals surface area (Å²) < 4.78 is 0. The van der Waals surface area contributed by atoms with E-state index in [4.69, 9.17) is 0 Å². The van der Waals surface area contributed by atoms with E-state index in [1.165, 1.54) is 133 Å². The van der Waals surface area contributed by atoms with E-state index in [1.807, 2.05) is 12.4 Å². The monoisotopic (exact) mass is 490 g/mol. The number of hydrogen-bond acceptors (Lipinski definition) is 2. The van der Waals surface area contributed by atoms with Gasteiger partial charge in [-0.2, -0.15) is 0 Å². The molecule has 1 saturated carbocycles. The molecule has 0 N–H and O–H groups in total. The van der Waals surface area contributed by atoms with Crippen molar-refractivity contribution in [3.8, 4) is 11.4 Å². The number of unbranched alkanes of at least 4 members (excludes halogenated alkanes) is 10. The van der Waals surface area contributed by atoms with Crippen LogP contribution in [0, 0.1) is 11.8 Å². The Balaban J connectivity index is 1.31. The van der Waals surface area contributed by atoms with Crippen molar-refractivity contribution < 1.29 is 0 Å². The van der Waals surface area contributed by atoms with Crippen molar-refractivity contribution in [2.45, 2.75) is 142 Å². The minimum Gasteiger partial charge on any atom is -0.236 e. The van der Waals surface area contributed by atoms with Gasteiger partial charge in [-0.3, -0.25) is 0 Å². The molecule has 0 aliphatic heterocycles. The zero-order chi connectivity index (χ0) is 25.3. The molecule has 0 atom stereocenters. The van der Waals surface area contributed by atoms with Gasteiger partial charge in [-0.1, -0.05) is 141 Å². The van der Waals surface area contributed by atoms with Crippen molar-refractivity contribution in [3.05, 3.63) is 47.8 Å². The summed E-state index contributed by atoms with van der Waals surface area (Å²) in [7, 11) is 0. The van der Waals surface area contributed by atoms with Gasteiger partial charge >= 0.3 is 0 Å². The molecule has 2 heteroatoms. The van der Waals surface area contributed by atoms with E-state index in [0.29, 0.717) is 0 Å². The van der Waals surface area contributed by atoms with Crippen LogP contribution in [0.15, 0.2) is 36.7 Å². The van der Waals surface area contributed by atoms with Gasteiger partial charge in [-0.15, -0.1) is 0 Å². The molecular formula is C34H54N2. The highest BCUT2D eigenvalue weighted by atomic mass is 14.9. The topological polar surface area (TPSA) is 25.8 Å². The summed E-state index contributed by atoms with van der Waals surface area (Å²) in [6.07, 6.45) is 31.7. The molecule has 0 amide bonds. The molecule has 0 unspecified atom stereocenters. The lowest BCUT2D eigenvalue weighted by Gasteiger charge is -2.28. The van der Waals surface area contributed by atoms with E-state index < -0.39 is 0 Å². The van der Waals surface area contributed by atoms with Crippen LogP contribution in [-0.2, 0) is 12.8 Å². The largest absolute Gasteiger partial charge is 0.236 e. The van der Waals surface area contributed by atoms with Gasteiger partial charge in [-0.25, -0.2) is 9.97 Å². The highest BCUT2D eigenvalue weighted by Crippen LogP contribution is 2.34. The molecule has 1 aromatic heterocycles. The van der Waals surface area contributed by atoms with Crippen LogP contribution in [-0.4, -0.2) is 9.97 Å². The smallest absolute Gasteiger partial charge is 0.159 e. The summed E-state index contributed by atoms with van der Waals surface area (Å²) in [6.45, 7) is 4.58. The van der Waals surface area contributed by atoms with Crippen molar-refractivity contribution >= 4 is 0 Å². The molecule has 0 bridgehead atoms. The summed E-state index contributed by atoms with van der Waals surface area (Å²) >= 11 is 0. The Hall–Kier alpha value is -1.70. The van der Waals surface area contributed by atoms with Crippen molar-refractivity contribution in [1.29, 1.82) is 0 Å². The van der Waals surface area contributed by atoms with Crippen molar-refractivity contribution in [3.63, 3.8) is 0 Å². The van der Waals surface area contributed by atoms with Gasteiger partial charge in [0.1, 0.15) is 0 Å². The maximum absolute atomic E-state index is 4.67. The average Bonchev–Trinajstić information content (AvgIpc) is 2.93. The van der Waals surface area contributed by atoms with E-state index in [1.54, 1.807) is 0 Å². The lowest BCUT2D eigenvalue weighted by molar-refractivity contribution is 0.248. The first kappa shape index (κ1) is 28.9. The second-order valence-electron chi connectivity index (χ2n) is 11.6. The minimum atomic E-state index is 0.859. The Labute approximate surface area is 223 Å². The average molecular weight is 491 g/mol. The normalized spacial score (nSPS) is 17.9. The first-order chi connectivity index (χ1) is 17.8. The lowest BCUT2D eigenvalue weighted by atomic mass is 9.77. The van der Waals surface area contributed by atoms with Gasteiger partial charge in [0.05, 0.1) is 0 Å². The van der Waals surface area contributed by atoms with E-state index in [-0.39, 0.29) is 0 Å². The Kier molecular flexibility index (Phi) is 14.2. The molecule has 1 fully saturated rings. The van der Waals surface area contributed by atoms with Crippen molar-refractivity contribution in [2.75, 3.05) is 0 Å². The molecule has 0 spiro atoms. The quantitative estimate of drug-likeness (QED) is 0.194. The van der Waals surface area contributed by atoms with Crippen LogP contribution in [0.25, 0.3) is 11.4 Å². The second kappa shape index (κ2) is 17.7. The number of benzene rings is 1. The van der Waals surface area contributed by atoms with E-state index in [9.17, 15) is 0 Å². The summed E-state index contributed by atoms with van der Waals surface area (Å²) in [5.41, 5.74) is 3.88. The Bertz CT molecular complexity index is 787. The van der Waals surface area contributed by atoms with E-state index in [2.05, 4.69) is 48.1 Å².